The number of carbonyl (C=O) groups excluding carboxylic acids is 2. The Bertz CT molecular complexity index is 1780. The van der Waals surface area contributed by atoms with Crippen molar-refractivity contribution in [2.75, 3.05) is 49.3 Å². The number of amides is 1. The van der Waals surface area contributed by atoms with Crippen molar-refractivity contribution in [3.05, 3.63) is 94.8 Å². The number of nitrogens with zero attached hydrogens (tertiary/aromatic N) is 2. The van der Waals surface area contributed by atoms with Crippen LogP contribution in [0.15, 0.2) is 72.0 Å². The van der Waals surface area contributed by atoms with E-state index in [2.05, 4.69) is 25.5 Å². The van der Waals surface area contributed by atoms with Crippen LogP contribution < -0.4 is 20.7 Å². The van der Waals surface area contributed by atoms with Gasteiger partial charge in [-0.15, -0.1) is 0 Å². The van der Waals surface area contributed by atoms with Crippen LogP contribution in [0.4, 0.5) is 11.4 Å². The van der Waals surface area contributed by atoms with E-state index in [9.17, 15) is 24.9 Å². The molecule has 3 aromatic carbocycles. The molecule has 1 atom stereocenters. The number of ether oxygens (including phenoxy) is 3. The predicted molar refractivity (Wildman–Crippen MR) is 203 cm³/mol. The fourth-order valence-electron chi connectivity index (χ4n) is 5.79. The van der Waals surface area contributed by atoms with Crippen molar-refractivity contribution in [3.8, 4) is 11.5 Å². The van der Waals surface area contributed by atoms with Gasteiger partial charge in [0.1, 0.15) is 5.75 Å². The summed E-state index contributed by atoms with van der Waals surface area (Å²) < 4.78 is 19.2. The lowest BCUT2D eigenvalue weighted by Gasteiger charge is -2.15. The Morgan fingerprint density at radius 1 is 1.00 bits per heavy atom. The van der Waals surface area contributed by atoms with Crippen LogP contribution in [-0.2, 0) is 40.6 Å². The molecule has 0 radical (unpaired) electrons. The lowest BCUT2D eigenvalue weighted by molar-refractivity contribution is -0.131. The topological polar surface area (TPSA) is 176 Å². The molecule has 0 unspecified atom stereocenters. The number of anilines is 2. The van der Waals surface area contributed by atoms with Gasteiger partial charge in [0.2, 0.25) is 0 Å². The number of carbonyl (C=O) groups is 2. The number of thioether (sulfide) groups is 1. The van der Waals surface area contributed by atoms with Crippen molar-refractivity contribution in [3.63, 3.8) is 0 Å². The van der Waals surface area contributed by atoms with Crippen LogP contribution in [0.3, 0.4) is 0 Å². The summed E-state index contributed by atoms with van der Waals surface area (Å²) in [6.45, 7) is 5.50. The van der Waals surface area contributed by atoms with Gasteiger partial charge in [-0.25, -0.2) is 4.98 Å². The third-order valence-electron chi connectivity index (χ3n) is 8.53. The second kappa shape index (κ2) is 20.7. The maximum Gasteiger partial charge on any atom is 0.308 e. The zero-order valence-electron chi connectivity index (χ0n) is 30.0. The smallest absolute Gasteiger partial charge is 0.308 e. The van der Waals surface area contributed by atoms with Crippen LogP contribution in [0, 0.1) is 0 Å². The highest BCUT2D eigenvalue weighted by Gasteiger charge is 2.20. The number of esters is 1. The van der Waals surface area contributed by atoms with E-state index in [0.29, 0.717) is 62.0 Å². The van der Waals surface area contributed by atoms with E-state index < -0.39 is 18.0 Å². The predicted octanol–water partition coefficient (Wildman–Crippen LogP) is 5.39. The van der Waals surface area contributed by atoms with Crippen molar-refractivity contribution in [2.24, 2.45) is 0 Å². The number of aliphatic hydroxyl groups is 2. The van der Waals surface area contributed by atoms with Crippen LogP contribution in [-0.4, -0.2) is 75.4 Å². The van der Waals surface area contributed by atoms with Gasteiger partial charge in [0.25, 0.3) is 5.91 Å². The molecule has 0 bridgehead atoms. The first-order chi connectivity index (χ1) is 25.8. The molecule has 0 fully saturated rings. The van der Waals surface area contributed by atoms with Gasteiger partial charge >= 0.3 is 5.97 Å². The maximum absolute atomic E-state index is 13.4. The minimum atomic E-state index is -0.708. The Morgan fingerprint density at radius 2 is 1.83 bits per heavy atom. The SMILES string of the molecule is CC(=O)Oc1c(NCc2cn3c(n2)SCC3)cccc1C(=O)Nc1cccc(COCCOCCCCCCNC[C@H](O)c2ccc(O)c(CO)c2)c1. The lowest BCUT2D eigenvalue weighted by atomic mass is 10.1. The Morgan fingerprint density at radius 3 is 2.66 bits per heavy atom. The van der Waals surface area contributed by atoms with Gasteiger partial charge in [-0.2, -0.15) is 0 Å². The molecular weight excluding hydrogens is 699 g/mol. The number of benzene rings is 3. The first-order valence-electron chi connectivity index (χ1n) is 17.9. The molecule has 2 heterocycles. The molecule has 4 aromatic rings. The number of hydrogen-bond acceptors (Lipinski definition) is 12. The number of imidazole rings is 1. The number of rotatable bonds is 22. The number of aryl methyl sites for hydroxylation is 1. The minimum Gasteiger partial charge on any atom is -0.508 e. The van der Waals surface area contributed by atoms with Gasteiger partial charge in [0.05, 0.1) is 56.0 Å². The zero-order valence-corrected chi connectivity index (χ0v) is 30.8. The second-order valence-electron chi connectivity index (χ2n) is 12.7. The fourth-order valence-corrected chi connectivity index (χ4v) is 6.75. The number of phenols is 1. The molecule has 5 rings (SSSR count). The summed E-state index contributed by atoms with van der Waals surface area (Å²) >= 11 is 1.72. The summed E-state index contributed by atoms with van der Waals surface area (Å²) in [6, 6.07) is 17.3. The third kappa shape index (κ3) is 12.3. The number of aromatic nitrogens is 2. The van der Waals surface area contributed by atoms with E-state index in [1.807, 2.05) is 24.4 Å². The number of unbranched alkanes of at least 4 members (excludes halogenated alkanes) is 3. The standard InChI is InChI=1S/C39H49N5O8S/c1-27(46)52-37-33(10-7-11-34(37)41-22-32-24-44-15-19-53-39(44)43-32)38(49)42-31-9-6-8-28(20-31)26-51-18-17-50-16-5-3-2-4-14-40-23-36(48)29-12-13-35(47)30(21-29)25-45/h6-13,20-21,24,36,40-41,45,47-48H,2-5,14-19,22-23,25-26H2,1H3,(H,42,49)/t36-/m0/s1. The molecule has 0 aliphatic carbocycles. The molecule has 53 heavy (non-hydrogen) atoms. The number of aliphatic hydroxyl groups excluding tert-OH is 2. The molecule has 1 aromatic heterocycles. The zero-order chi connectivity index (χ0) is 37.4. The molecule has 13 nitrogen and oxygen atoms in total. The number of fused-ring (bicyclic) bond motifs is 1. The van der Waals surface area contributed by atoms with E-state index >= 15 is 0 Å². The Labute approximate surface area is 314 Å². The van der Waals surface area contributed by atoms with Crippen LogP contribution in [0.25, 0.3) is 0 Å². The van der Waals surface area contributed by atoms with Crippen LogP contribution in [0.1, 0.15) is 71.5 Å². The molecule has 1 aliphatic heterocycles. The molecule has 0 saturated heterocycles. The first-order valence-corrected chi connectivity index (χ1v) is 18.9. The van der Waals surface area contributed by atoms with E-state index in [1.165, 1.54) is 13.0 Å². The monoisotopic (exact) mass is 747 g/mol. The third-order valence-corrected chi connectivity index (χ3v) is 9.50. The number of hydrogen-bond donors (Lipinski definition) is 6. The first kappa shape index (κ1) is 39.8. The van der Waals surface area contributed by atoms with Gasteiger partial charge in [0.15, 0.2) is 10.9 Å². The summed E-state index contributed by atoms with van der Waals surface area (Å²) in [5.74, 6) is 0.263. The summed E-state index contributed by atoms with van der Waals surface area (Å²) in [4.78, 5) is 30.0. The Hall–Kier alpha value is -4.44. The van der Waals surface area contributed by atoms with Crippen molar-refractivity contribution in [1.29, 1.82) is 0 Å². The number of aromatic hydroxyl groups is 1. The molecule has 284 valence electrons. The lowest BCUT2D eigenvalue weighted by Crippen LogP contribution is -2.22. The average molecular weight is 748 g/mol. The van der Waals surface area contributed by atoms with Crippen molar-refractivity contribution >= 4 is 35.0 Å². The molecule has 0 spiro atoms. The molecule has 6 N–H and O–H groups in total. The largest absolute Gasteiger partial charge is 0.508 e. The minimum absolute atomic E-state index is 0.0218. The highest BCUT2D eigenvalue weighted by atomic mass is 32.2. The Balaban J connectivity index is 0.956. The summed E-state index contributed by atoms with van der Waals surface area (Å²) in [6.07, 6.45) is 5.32. The van der Waals surface area contributed by atoms with Crippen molar-refractivity contribution in [1.82, 2.24) is 14.9 Å². The number of para-hydroxylation sites is 1. The van der Waals surface area contributed by atoms with Crippen LogP contribution in [0.2, 0.25) is 0 Å². The van der Waals surface area contributed by atoms with E-state index in [0.717, 1.165) is 60.9 Å². The average Bonchev–Trinajstić information content (AvgIpc) is 3.76. The van der Waals surface area contributed by atoms with Gasteiger partial charge < -0.3 is 50.0 Å². The van der Waals surface area contributed by atoms with E-state index in [1.54, 1.807) is 48.2 Å². The van der Waals surface area contributed by atoms with Crippen LogP contribution >= 0.6 is 11.8 Å². The maximum atomic E-state index is 13.4. The van der Waals surface area contributed by atoms with E-state index in [-0.39, 0.29) is 23.7 Å². The molecule has 14 heteroatoms. The fraction of sp³-hybridized carbons (Fsp3) is 0.410. The molecule has 1 aliphatic rings. The van der Waals surface area contributed by atoms with Gasteiger partial charge in [-0.1, -0.05) is 48.9 Å². The Kier molecular flexibility index (Phi) is 15.5. The molecular formula is C39H49N5O8S. The van der Waals surface area contributed by atoms with E-state index in [4.69, 9.17) is 14.2 Å². The highest BCUT2D eigenvalue weighted by molar-refractivity contribution is 7.99. The van der Waals surface area contributed by atoms with Crippen molar-refractivity contribution < 1.29 is 39.1 Å². The summed E-state index contributed by atoms with van der Waals surface area (Å²) in [5.41, 5.74) is 4.14. The van der Waals surface area contributed by atoms with Gasteiger partial charge in [-0.05, 0) is 66.9 Å². The van der Waals surface area contributed by atoms with Gasteiger partial charge in [0, 0.05) is 49.8 Å². The molecule has 0 saturated carbocycles. The van der Waals surface area contributed by atoms with Crippen LogP contribution in [0.5, 0.6) is 11.5 Å². The summed E-state index contributed by atoms with van der Waals surface area (Å²) in [5, 5.41) is 39.7. The summed E-state index contributed by atoms with van der Waals surface area (Å²) in [7, 11) is 0. The number of nitrogens with one attached hydrogen (secondary N) is 3. The normalized spacial score (nSPS) is 12.7. The van der Waals surface area contributed by atoms with Crippen molar-refractivity contribution in [2.45, 2.75) is 70.2 Å². The molecule has 1 amide bonds. The second-order valence-corrected chi connectivity index (χ2v) is 13.7. The van der Waals surface area contributed by atoms with Gasteiger partial charge in [-0.3, -0.25) is 9.59 Å². The quantitative estimate of drug-likeness (QED) is 0.0344. The highest BCUT2D eigenvalue weighted by Crippen LogP contribution is 2.31.